The van der Waals surface area contributed by atoms with Gasteiger partial charge in [-0.2, -0.15) is 0 Å². The molecule has 1 fully saturated rings. The molecule has 1 aliphatic heterocycles. The fraction of sp³-hybridized carbons (Fsp3) is 0.333. The van der Waals surface area contributed by atoms with Crippen LogP contribution in [0.1, 0.15) is 41.3 Å². The molecule has 0 saturated heterocycles. The Bertz CT molecular complexity index is 1100. The first-order valence-electron chi connectivity index (χ1n) is 10.6. The Kier molecular flexibility index (Phi) is 5.27. The van der Waals surface area contributed by atoms with E-state index in [1.807, 2.05) is 36.4 Å². The Morgan fingerprint density at radius 1 is 1.23 bits per heavy atom. The number of hydrogen-bond donors (Lipinski definition) is 2. The molecule has 5 rings (SSSR count). The van der Waals surface area contributed by atoms with Crippen LogP contribution in [0.5, 0.6) is 0 Å². The van der Waals surface area contributed by atoms with Crippen LogP contribution in [0.4, 0.5) is 5.82 Å². The van der Waals surface area contributed by atoms with E-state index in [2.05, 4.69) is 26.8 Å². The Morgan fingerprint density at radius 3 is 2.77 bits per heavy atom. The minimum atomic E-state index is -0.198. The summed E-state index contributed by atoms with van der Waals surface area (Å²) in [5, 5.41) is 14.6. The van der Waals surface area contributed by atoms with Crippen LogP contribution in [0.2, 0.25) is 0 Å². The van der Waals surface area contributed by atoms with E-state index in [-0.39, 0.29) is 12.6 Å². The quantitative estimate of drug-likeness (QED) is 0.601. The molecular formula is C24H26N4OS. The molecule has 5 nitrogen and oxygen atoms in total. The number of fused-ring (bicyclic) bond motifs is 3. The fourth-order valence-electron chi connectivity index (χ4n) is 4.43. The third-order valence-electron chi connectivity index (χ3n) is 6.19. The zero-order chi connectivity index (χ0) is 20.5. The lowest BCUT2D eigenvalue weighted by molar-refractivity contribution is 0.276. The molecular weight excluding hydrogens is 392 g/mol. The summed E-state index contributed by atoms with van der Waals surface area (Å²) in [7, 11) is 0. The molecule has 1 atom stereocenters. The summed E-state index contributed by atoms with van der Waals surface area (Å²) >= 11 is 1.76. The van der Waals surface area contributed by atoms with Crippen LogP contribution in [0.3, 0.4) is 0 Å². The average molecular weight is 419 g/mol. The van der Waals surface area contributed by atoms with Gasteiger partial charge in [-0.15, -0.1) is 11.3 Å². The first kappa shape index (κ1) is 19.3. The molecule has 0 unspecified atom stereocenters. The van der Waals surface area contributed by atoms with Crippen molar-refractivity contribution in [1.82, 2.24) is 14.9 Å². The van der Waals surface area contributed by atoms with Gasteiger partial charge in [0, 0.05) is 17.1 Å². The molecule has 0 bridgehead atoms. The summed E-state index contributed by atoms with van der Waals surface area (Å²) in [6.45, 7) is 5.97. The molecule has 2 aliphatic rings. The van der Waals surface area contributed by atoms with Crippen molar-refractivity contribution in [2.75, 3.05) is 18.5 Å². The number of allylic oxidation sites excluding steroid dienone is 2. The molecule has 0 amide bonds. The van der Waals surface area contributed by atoms with Crippen molar-refractivity contribution in [2.24, 2.45) is 0 Å². The van der Waals surface area contributed by atoms with Gasteiger partial charge in [0.1, 0.15) is 17.0 Å². The minimum Gasteiger partial charge on any atom is -0.394 e. The lowest BCUT2D eigenvalue weighted by Gasteiger charge is -2.34. The van der Waals surface area contributed by atoms with E-state index in [0.717, 1.165) is 41.1 Å². The molecule has 2 N–H and O–H groups in total. The van der Waals surface area contributed by atoms with E-state index in [9.17, 15) is 5.11 Å². The first-order valence-corrected chi connectivity index (χ1v) is 11.4. The van der Waals surface area contributed by atoms with E-state index in [1.54, 1.807) is 23.2 Å². The number of rotatable bonds is 6. The summed E-state index contributed by atoms with van der Waals surface area (Å²) in [4.78, 5) is 14.0. The summed E-state index contributed by atoms with van der Waals surface area (Å²) in [6.07, 6.45) is 8.34. The monoisotopic (exact) mass is 418 g/mol. The van der Waals surface area contributed by atoms with Crippen molar-refractivity contribution in [3.05, 3.63) is 76.6 Å². The Morgan fingerprint density at radius 2 is 2.07 bits per heavy atom. The Hall–Kier alpha value is -2.70. The van der Waals surface area contributed by atoms with Gasteiger partial charge in [-0.3, -0.25) is 0 Å². The van der Waals surface area contributed by atoms with E-state index < -0.39 is 0 Å². The topological polar surface area (TPSA) is 61.3 Å². The van der Waals surface area contributed by atoms with Crippen molar-refractivity contribution in [3.8, 4) is 0 Å². The smallest absolute Gasteiger partial charge is 0.139 e. The molecule has 2 aromatic heterocycles. The van der Waals surface area contributed by atoms with Crippen LogP contribution in [0.25, 0.3) is 10.2 Å². The second-order valence-corrected chi connectivity index (χ2v) is 9.00. The second kappa shape index (κ2) is 8.20. The van der Waals surface area contributed by atoms with Gasteiger partial charge in [-0.25, -0.2) is 9.97 Å². The van der Waals surface area contributed by atoms with Gasteiger partial charge in [0.25, 0.3) is 0 Å². The van der Waals surface area contributed by atoms with Crippen molar-refractivity contribution in [1.29, 1.82) is 0 Å². The first-order chi connectivity index (χ1) is 14.8. The molecule has 6 heteroatoms. The number of aromatic nitrogens is 2. The molecule has 1 aromatic carbocycles. The van der Waals surface area contributed by atoms with Gasteiger partial charge in [0.2, 0.25) is 0 Å². The summed E-state index contributed by atoms with van der Waals surface area (Å²) < 4.78 is 0. The fourth-order valence-corrected chi connectivity index (χ4v) is 5.64. The molecule has 0 spiro atoms. The maximum atomic E-state index is 9.98. The highest BCUT2D eigenvalue weighted by Gasteiger charge is 2.27. The standard InChI is InChI=1S/C24H26N4OS/c1-2-20(17-9-6-10-17)28-12-11-18-21(13-28)30-24-22(18)23(25-15-26-24)27-19(14-29)16-7-4-3-5-8-16/h2-5,7-8,15,19,29H,1,6,9-14H2,(H,25,26,27)/t19-/m1/s1. The Labute approximate surface area is 180 Å². The lowest BCUT2D eigenvalue weighted by atomic mass is 9.89. The number of benzene rings is 1. The third kappa shape index (κ3) is 3.40. The highest BCUT2D eigenvalue weighted by atomic mass is 32.1. The van der Waals surface area contributed by atoms with Crippen molar-refractivity contribution < 1.29 is 5.11 Å². The van der Waals surface area contributed by atoms with Crippen LogP contribution in [0, 0.1) is 0 Å². The SMILES string of the molecule is C=CC(=C1CCC1)N1CCc2c(sc3ncnc(N[C@H](CO)c4ccccc4)c23)C1. The Balaban J connectivity index is 1.48. The number of nitrogens with one attached hydrogen (secondary N) is 1. The van der Waals surface area contributed by atoms with Crippen molar-refractivity contribution >= 4 is 27.4 Å². The number of nitrogens with zero attached hydrogens (tertiary/aromatic N) is 3. The van der Waals surface area contributed by atoms with Crippen LogP contribution < -0.4 is 5.32 Å². The normalized spacial score (nSPS) is 16.7. The van der Waals surface area contributed by atoms with Gasteiger partial charge >= 0.3 is 0 Å². The van der Waals surface area contributed by atoms with Crippen LogP contribution in [-0.2, 0) is 13.0 Å². The third-order valence-corrected chi connectivity index (χ3v) is 7.31. The number of anilines is 1. The highest BCUT2D eigenvalue weighted by molar-refractivity contribution is 7.19. The second-order valence-electron chi connectivity index (χ2n) is 7.91. The van der Waals surface area contributed by atoms with Crippen LogP contribution >= 0.6 is 11.3 Å². The predicted molar refractivity (Wildman–Crippen MR) is 122 cm³/mol. The molecule has 3 heterocycles. The van der Waals surface area contributed by atoms with Gasteiger partial charge in [0.05, 0.1) is 24.6 Å². The molecule has 30 heavy (non-hydrogen) atoms. The van der Waals surface area contributed by atoms with E-state index in [4.69, 9.17) is 0 Å². The van der Waals surface area contributed by atoms with Gasteiger partial charge < -0.3 is 15.3 Å². The largest absolute Gasteiger partial charge is 0.394 e. The summed E-state index contributed by atoms with van der Waals surface area (Å²) in [6, 6.07) is 9.82. The number of hydrogen-bond acceptors (Lipinski definition) is 6. The molecule has 3 aromatic rings. The average Bonchev–Trinajstić information content (AvgIpc) is 3.13. The molecule has 154 valence electrons. The maximum absolute atomic E-state index is 9.98. The van der Waals surface area contributed by atoms with E-state index >= 15 is 0 Å². The van der Waals surface area contributed by atoms with E-state index in [1.165, 1.54) is 35.4 Å². The number of thiophene rings is 1. The number of aliphatic hydroxyl groups is 1. The minimum absolute atomic E-state index is 0.00583. The number of aliphatic hydroxyl groups excluding tert-OH is 1. The zero-order valence-electron chi connectivity index (χ0n) is 17.0. The van der Waals surface area contributed by atoms with Gasteiger partial charge in [-0.05, 0) is 48.5 Å². The van der Waals surface area contributed by atoms with Crippen molar-refractivity contribution in [3.63, 3.8) is 0 Å². The van der Waals surface area contributed by atoms with E-state index in [0.29, 0.717) is 0 Å². The summed E-state index contributed by atoms with van der Waals surface area (Å²) in [5.74, 6) is 0.815. The highest BCUT2D eigenvalue weighted by Crippen LogP contribution is 2.40. The molecule has 0 radical (unpaired) electrons. The lowest BCUT2D eigenvalue weighted by Crippen LogP contribution is -2.30. The van der Waals surface area contributed by atoms with Crippen LogP contribution in [0.15, 0.2) is 60.6 Å². The maximum Gasteiger partial charge on any atom is 0.139 e. The van der Waals surface area contributed by atoms with Crippen molar-refractivity contribution in [2.45, 2.75) is 38.3 Å². The van der Waals surface area contributed by atoms with Gasteiger partial charge in [-0.1, -0.05) is 36.9 Å². The molecule has 1 aliphatic carbocycles. The molecule has 1 saturated carbocycles. The summed E-state index contributed by atoms with van der Waals surface area (Å²) in [5.41, 5.74) is 5.27. The zero-order valence-corrected chi connectivity index (χ0v) is 17.8. The van der Waals surface area contributed by atoms with Crippen LogP contribution in [-0.4, -0.2) is 33.1 Å². The predicted octanol–water partition coefficient (Wildman–Crippen LogP) is 4.82. The van der Waals surface area contributed by atoms with Gasteiger partial charge in [0.15, 0.2) is 0 Å².